The number of imidazole rings is 1. The highest BCUT2D eigenvalue weighted by Gasteiger charge is 2.60. The zero-order valence-corrected chi connectivity index (χ0v) is 16.7. The van der Waals surface area contributed by atoms with E-state index < -0.39 is 17.8 Å². The number of allylic oxidation sites excluding steroid dienone is 2. The average Bonchev–Trinajstić information content (AvgIpc) is 3.42. The Morgan fingerprint density at radius 3 is 2.59 bits per heavy atom. The lowest BCUT2D eigenvalue weighted by molar-refractivity contribution is -0.290. The zero-order valence-electron chi connectivity index (χ0n) is 16.7. The van der Waals surface area contributed by atoms with E-state index in [1.807, 2.05) is 6.08 Å². The maximum absolute atomic E-state index is 14.4. The van der Waals surface area contributed by atoms with Crippen molar-refractivity contribution in [3.63, 3.8) is 0 Å². The van der Waals surface area contributed by atoms with E-state index in [0.717, 1.165) is 30.9 Å². The Balaban J connectivity index is 1.80. The molecule has 4 aromatic heterocycles. The molecule has 11 heteroatoms. The second-order valence-electron chi connectivity index (χ2n) is 7.90. The summed E-state index contributed by atoms with van der Waals surface area (Å²) in [5.41, 5.74) is 0.172. The summed E-state index contributed by atoms with van der Waals surface area (Å²) in [7, 11) is 0. The first-order valence-corrected chi connectivity index (χ1v) is 9.89. The van der Waals surface area contributed by atoms with Crippen LogP contribution in [-0.4, -0.2) is 30.7 Å². The number of aromatic nitrogens is 5. The fourth-order valence-electron chi connectivity index (χ4n) is 3.90. The average molecular weight is 449 g/mol. The largest absolute Gasteiger partial charge is 0.459 e. The van der Waals surface area contributed by atoms with Gasteiger partial charge in [-0.15, -0.1) is 10.2 Å². The molecule has 5 rings (SSSR count). The highest BCUT2D eigenvalue weighted by molar-refractivity contribution is 5.92. The number of hydrogen-bond donors (Lipinski definition) is 0. The van der Waals surface area contributed by atoms with Crippen LogP contribution in [0, 0.1) is 5.92 Å². The van der Waals surface area contributed by atoms with Crippen LogP contribution in [0.4, 0.5) is 22.0 Å². The molecular formula is C21H16F5N5O. The van der Waals surface area contributed by atoms with Gasteiger partial charge in [-0.1, -0.05) is 13.0 Å². The van der Waals surface area contributed by atoms with Gasteiger partial charge in [-0.2, -0.15) is 22.0 Å². The fourth-order valence-corrected chi connectivity index (χ4v) is 3.90. The van der Waals surface area contributed by atoms with Crippen molar-refractivity contribution in [2.45, 2.75) is 38.3 Å². The molecule has 0 aromatic carbocycles. The third kappa shape index (κ3) is 3.23. The number of hydrogen-bond acceptors (Lipinski definition) is 5. The molecule has 0 bridgehead atoms. The van der Waals surface area contributed by atoms with Gasteiger partial charge in [0.2, 0.25) is 6.39 Å². The standard InChI is InChI=1S/C21H16F5N5O/c1-11-2-4-12(5-3-11)14-8-16(20(22,23)21(24,25)26)29-18-13(14)6-7-17-28-15(9-31(17)18)19-30-27-10-32-19/h4,6-11H,2-3,5H2,1H3. The maximum Gasteiger partial charge on any atom is 0.459 e. The molecule has 4 heterocycles. The quantitative estimate of drug-likeness (QED) is 0.371. The molecule has 0 saturated carbocycles. The molecule has 0 spiro atoms. The van der Waals surface area contributed by atoms with Gasteiger partial charge >= 0.3 is 12.1 Å². The van der Waals surface area contributed by atoms with Crippen molar-refractivity contribution >= 4 is 22.3 Å². The van der Waals surface area contributed by atoms with E-state index in [2.05, 4.69) is 27.1 Å². The molecule has 4 aromatic rings. The molecular weight excluding hydrogens is 433 g/mol. The van der Waals surface area contributed by atoms with Gasteiger partial charge in [0.1, 0.15) is 22.7 Å². The zero-order chi connectivity index (χ0) is 22.7. The minimum Gasteiger partial charge on any atom is -0.422 e. The Hall–Kier alpha value is -3.37. The third-order valence-electron chi connectivity index (χ3n) is 5.67. The third-order valence-corrected chi connectivity index (χ3v) is 5.67. The van der Waals surface area contributed by atoms with Gasteiger partial charge < -0.3 is 4.42 Å². The predicted octanol–water partition coefficient (Wildman–Crippen LogP) is 5.79. The van der Waals surface area contributed by atoms with Crippen LogP contribution in [0.3, 0.4) is 0 Å². The highest BCUT2D eigenvalue weighted by Crippen LogP contribution is 2.45. The van der Waals surface area contributed by atoms with E-state index in [4.69, 9.17) is 4.42 Å². The lowest BCUT2D eigenvalue weighted by Crippen LogP contribution is -2.34. The van der Waals surface area contributed by atoms with Crippen LogP contribution in [0.1, 0.15) is 37.4 Å². The van der Waals surface area contributed by atoms with Crippen LogP contribution in [0.15, 0.2) is 41.3 Å². The molecule has 0 amide bonds. The molecule has 1 aliphatic rings. The van der Waals surface area contributed by atoms with Crippen molar-refractivity contribution in [3.8, 4) is 11.6 Å². The summed E-state index contributed by atoms with van der Waals surface area (Å²) in [4.78, 5) is 8.07. The summed E-state index contributed by atoms with van der Waals surface area (Å²) in [5, 5.41) is 7.78. The Labute approximate surface area is 177 Å². The molecule has 1 atom stereocenters. The summed E-state index contributed by atoms with van der Waals surface area (Å²) >= 11 is 0. The normalized spacial score (nSPS) is 17.8. The van der Waals surface area contributed by atoms with Crippen LogP contribution in [0.5, 0.6) is 0 Å². The molecule has 166 valence electrons. The van der Waals surface area contributed by atoms with Crippen molar-refractivity contribution < 1.29 is 26.4 Å². The van der Waals surface area contributed by atoms with Crippen molar-refractivity contribution in [2.75, 3.05) is 0 Å². The molecule has 6 nitrogen and oxygen atoms in total. The van der Waals surface area contributed by atoms with E-state index >= 15 is 0 Å². The van der Waals surface area contributed by atoms with Crippen molar-refractivity contribution in [2.24, 2.45) is 5.92 Å². The Kier molecular flexibility index (Phi) is 4.54. The SMILES string of the molecule is CC1CC=C(c2cc(C(F)(F)C(F)(F)F)nc3c2ccc2nc(-c4nnco4)cn23)CC1. The van der Waals surface area contributed by atoms with Crippen LogP contribution in [0.2, 0.25) is 0 Å². The smallest absolute Gasteiger partial charge is 0.422 e. The number of halogens is 5. The van der Waals surface area contributed by atoms with Gasteiger partial charge in [-0.3, -0.25) is 4.40 Å². The minimum absolute atomic E-state index is 0.0586. The van der Waals surface area contributed by atoms with Crippen molar-refractivity contribution in [3.05, 3.63) is 48.1 Å². The van der Waals surface area contributed by atoms with E-state index in [0.29, 0.717) is 28.9 Å². The summed E-state index contributed by atoms with van der Waals surface area (Å²) in [6.07, 6.45) is 0.764. The van der Waals surface area contributed by atoms with Gasteiger partial charge in [-0.05, 0) is 54.5 Å². The lowest BCUT2D eigenvalue weighted by Gasteiger charge is -2.23. The number of rotatable bonds is 3. The maximum atomic E-state index is 14.4. The van der Waals surface area contributed by atoms with Crippen LogP contribution in [0.25, 0.3) is 33.8 Å². The topological polar surface area (TPSA) is 69.1 Å². The second kappa shape index (κ2) is 7.07. The number of nitrogens with zero attached hydrogens (tertiary/aromatic N) is 5. The molecule has 32 heavy (non-hydrogen) atoms. The molecule has 0 saturated heterocycles. The first-order valence-electron chi connectivity index (χ1n) is 9.89. The van der Waals surface area contributed by atoms with Gasteiger partial charge in [0.15, 0.2) is 0 Å². The summed E-state index contributed by atoms with van der Waals surface area (Å²) in [5.74, 6) is -4.61. The van der Waals surface area contributed by atoms with Crippen molar-refractivity contribution in [1.29, 1.82) is 0 Å². The monoisotopic (exact) mass is 449 g/mol. The van der Waals surface area contributed by atoms with Gasteiger partial charge in [0.05, 0.1) is 0 Å². The van der Waals surface area contributed by atoms with E-state index in [1.54, 1.807) is 12.1 Å². The fraction of sp³-hybridized carbons (Fsp3) is 0.333. The van der Waals surface area contributed by atoms with E-state index in [1.165, 1.54) is 10.6 Å². The molecule has 0 radical (unpaired) electrons. The Bertz CT molecular complexity index is 1340. The van der Waals surface area contributed by atoms with E-state index in [9.17, 15) is 22.0 Å². The number of fused-ring (bicyclic) bond motifs is 3. The lowest BCUT2D eigenvalue weighted by atomic mass is 9.86. The minimum atomic E-state index is -5.78. The molecule has 0 aliphatic heterocycles. The number of pyridine rings is 2. The highest BCUT2D eigenvalue weighted by atomic mass is 19.4. The summed E-state index contributed by atoms with van der Waals surface area (Å²) in [6.45, 7) is 2.06. The predicted molar refractivity (Wildman–Crippen MR) is 105 cm³/mol. The molecule has 0 fully saturated rings. The van der Waals surface area contributed by atoms with Crippen LogP contribution in [-0.2, 0) is 5.92 Å². The summed E-state index contributed by atoms with van der Waals surface area (Å²) < 4.78 is 74.8. The van der Waals surface area contributed by atoms with Crippen molar-refractivity contribution in [1.82, 2.24) is 24.6 Å². The molecule has 0 N–H and O–H groups in total. The van der Waals surface area contributed by atoms with Crippen LogP contribution < -0.4 is 0 Å². The second-order valence-corrected chi connectivity index (χ2v) is 7.90. The Morgan fingerprint density at radius 2 is 1.94 bits per heavy atom. The first-order chi connectivity index (χ1) is 15.1. The molecule has 1 unspecified atom stereocenters. The van der Waals surface area contributed by atoms with Crippen LogP contribution >= 0.6 is 0 Å². The first kappa shape index (κ1) is 20.5. The van der Waals surface area contributed by atoms with E-state index in [-0.39, 0.29) is 17.2 Å². The Morgan fingerprint density at radius 1 is 1.12 bits per heavy atom. The van der Waals surface area contributed by atoms with Gasteiger partial charge in [0.25, 0.3) is 5.89 Å². The molecule has 1 aliphatic carbocycles. The summed E-state index contributed by atoms with van der Waals surface area (Å²) in [6, 6.07) is 4.13. The number of alkyl halides is 5. The van der Waals surface area contributed by atoms with Gasteiger partial charge in [-0.25, -0.2) is 9.97 Å². The van der Waals surface area contributed by atoms with Gasteiger partial charge in [0, 0.05) is 11.6 Å².